The highest BCUT2D eigenvalue weighted by molar-refractivity contribution is 9.10. The van der Waals surface area contributed by atoms with Gasteiger partial charge in [-0.2, -0.15) is 0 Å². The van der Waals surface area contributed by atoms with Crippen molar-refractivity contribution in [1.29, 1.82) is 0 Å². The molecule has 0 saturated carbocycles. The molecule has 1 aromatic heterocycles. The minimum absolute atomic E-state index is 0.103. The van der Waals surface area contributed by atoms with Crippen molar-refractivity contribution in [2.45, 2.75) is 26.2 Å². The molecule has 2 aromatic rings. The fourth-order valence-electron chi connectivity index (χ4n) is 2.08. The van der Waals surface area contributed by atoms with E-state index in [1.807, 2.05) is 37.4 Å². The third-order valence-electron chi connectivity index (χ3n) is 3.43. The summed E-state index contributed by atoms with van der Waals surface area (Å²) in [6.45, 7) is 3.10. The molecule has 6 heteroatoms. The van der Waals surface area contributed by atoms with Crippen LogP contribution in [0.3, 0.4) is 0 Å². The summed E-state index contributed by atoms with van der Waals surface area (Å²) < 4.78 is 0.996. The van der Waals surface area contributed by atoms with Gasteiger partial charge < -0.3 is 10.2 Å². The molecule has 1 heterocycles. The summed E-state index contributed by atoms with van der Waals surface area (Å²) in [4.78, 5) is 14.1. The second-order valence-electron chi connectivity index (χ2n) is 5.40. The van der Waals surface area contributed by atoms with Gasteiger partial charge in [-0.1, -0.05) is 41.4 Å². The fourth-order valence-corrected chi connectivity index (χ4v) is 2.34. The van der Waals surface area contributed by atoms with Crippen LogP contribution in [0.5, 0.6) is 0 Å². The zero-order valence-corrected chi connectivity index (χ0v) is 15.0. The second-order valence-corrected chi connectivity index (χ2v) is 6.32. The van der Waals surface area contributed by atoms with E-state index in [9.17, 15) is 4.79 Å². The molecule has 0 aliphatic rings. The van der Waals surface area contributed by atoms with Gasteiger partial charge in [0, 0.05) is 18.1 Å². The van der Waals surface area contributed by atoms with E-state index in [-0.39, 0.29) is 5.91 Å². The van der Waals surface area contributed by atoms with Gasteiger partial charge in [0.1, 0.15) is 0 Å². The summed E-state index contributed by atoms with van der Waals surface area (Å²) in [5, 5.41) is 11.0. The third kappa shape index (κ3) is 5.63. The summed E-state index contributed by atoms with van der Waals surface area (Å²) in [5.41, 5.74) is 0.953. The van der Waals surface area contributed by atoms with Crippen molar-refractivity contribution < 1.29 is 4.79 Å². The summed E-state index contributed by atoms with van der Waals surface area (Å²) in [6.07, 6.45) is 2.57. The molecule has 0 aliphatic carbocycles. The standard InChI is InChI=1S/C17H21BrN4O/c1-3-4-11-22(2)16-10-9-15(20-21-16)19-17(23)12-13-5-7-14(18)8-6-13/h5-10H,3-4,11-12H2,1-2H3,(H,19,20,23). The number of amides is 1. The lowest BCUT2D eigenvalue weighted by Gasteiger charge is -2.16. The number of hydrogen-bond donors (Lipinski definition) is 1. The molecule has 0 aliphatic heterocycles. The van der Waals surface area contributed by atoms with Gasteiger partial charge in [-0.05, 0) is 36.2 Å². The van der Waals surface area contributed by atoms with E-state index in [4.69, 9.17) is 0 Å². The van der Waals surface area contributed by atoms with Crippen LogP contribution in [0.15, 0.2) is 40.9 Å². The number of halogens is 1. The number of aromatic nitrogens is 2. The highest BCUT2D eigenvalue weighted by Crippen LogP contribution is 2.13. The molecule has 23 heavy (non-hydrogen) atoms. The van der Waals surface area contributed by atoms with Gasteiger partial charge in [0.05, 0.1) is 6.42 Å². The monoisotopic (exact) mass is 376 g/mol. The first-order chi connectivity index (χ1) is 11.1. The maximum Gasteiger partial charge on any atom is 0.229 e. The van der Waals surface area contributed by atoms with Crippen molar-refractivity contribution in [3.05, 3.63) is 46.4 Å². The lowest BCUT2D eigenvalue weighted by Crippen LogP contribution is -2.20. The molecule has 0 spiro atoms. The van der Waals surface area contributed by atoms with E-state index < -0.39 is 0 Å². The predicted octanol–water partition coefficient (Wildman–Crippen LogP) is 3.66. The summed E-state index contributed by atoms with van der Waals surface area (Å²) in [5.74, 6) is 1.18. The average Bonchev–Trinajstić information content (AvgIpc) is 2.55. The maximum absolute atomic E-state index is 12.0. The van der Waals surface area contributed by atoms with Gasteiger partial charge in [0.25, 0.3) is 0 Å². The van der Waals surface area contributed by atoms with Crippen molar-refractivity contribution in [2.24, 2.45) is 0 Å². The SMILES string of the molecule is CCCCN(C)c1ccc(NC(=O)Cc2ccc(Br)cc2)nn1. The first kappa shape index (κ1) is 17.4. The number of carbonyl (C=O) groups is 1. The molecule has 0 unspecified atom stereocenters. The number of anilines is 2. The molecule has 1 N–H and O–H groups in total. The molecular formula is C17H21BrN4O. The summed E-state index contributed by atoms with van der Waals surface area (Å²) in [6, 6.07) is 11.3. The molecule has 0 radical (unpaired) electrons. The van der Waals surface area contributed by atoms with Crippen molar-refractivity contribution >= 4 is 33.5 Å². The van der Waals surface area contributed by atoms with Crippen LogP contribution in [-0.2, 0) is 11.2 Å². The number of nitrogens with zero attached hydrogens (tertiary/aromatic N) is 3. The Hall–Kier alpha value is -1.95. The van der Waals surface area contributed by atoms with E-state index in [1.54, 1.807) is 6.07 Å². The van der Waals surface area contributed by atoms with Crippen LogP contribution in [0.25, 0.3) is 0 Å². The van der Waals surface area contributed by atoms with Gasteiger partial charge >= 0.3 is 0 Å². The van der Waals surface area contributed by atoms with E-state index in [1.165, 1.54) is 0 Å². The van der Waals surface area contributed by atoms with E-state index in [0.717, 1.165) is 35.2 Å². The average molecular weight is 377 g/mol. The molecule has 2 rings (SSSR count). The molecule has 0 atom stereocenters. The highest BCUT2D eigenvalue weighted by Gasteiger charge is 2.07. The molecule has 1 amide bonds. The van der Waals surface area contributed by atoms with Crippen molar-refractivity contribution in [3.63, 3.8) is 0 Å². The quantitative estimate of drug-likeness (QED) is 0.800. The van der Waals surface area contributed by atoms with Gasteiger partial charge in [-0.3, -0.25) is 4.79 Å². The lowest BCUT2D eigenvalue weighted by molar-refractivity contribution is -0.115. The first-order valence-corrected chi connectivity index (χ1v) is 8.47. The van der Waals surface area contributed by atoms with E-state index >= 15 is 0 Å². The zero-order valence-electron chi connectivity index (χ0n) is 13.4. The molecule has 0 fully saturated rings. The van der Waals surface area contributed by atoms with Crippen LogP contribution < -0.4 is 10.2 Å². The molecule has 0 bridgehead atoms. The largest absolute Gasteiger partial charge is 0.358 e. The number of benzene rings is 1. The smallest absolute Gasteiger partial charge is 0.229 e. The van der Waals surface area contributed by atoms with Gasteiger partial charge in [-0.25, -0.2) is 0 Å². The van der Waals surface area contributed by atoms with E-state index in [2.05, 4.69) is 43.3 Å². The number of nitrogens with one attached hydrogen (secondary N) is 1. The second kappa shape index (κ2) is 8.62. The molecule has 1 aromatic carbocycles. The third-order valence-corrected chi connectivity index (χ3v) is 3.96. The fraction of sp³-hybridized carbons (Fsp3) is 0.353. The van der Waals surface area contributed by atoms with Crippen LogP contribution >= 0.6 is 15.9 Å². The van der Waals surface area contributed by atoms with Crippen molar-refractivity contribution in [2.75, 3.05) is 23.8 Å². The number of unbranched alkanes of at least 4 members (excludes halogenated alkanes) is 1. The normalized spacial score (nSPS) is 10.4. The molecule has 122 valence electrons. The van der Waals surface area contributed by atoms with Crippen LogP contribution in [0, 0.1) is 0 Å². The Labute approximate surface area is 145 Å². The first-order valence-electron chi connectivity index (χ1n) is 7.67. The van der Waals surface area contributed by atoms with Crippen LogP contribution in [-0.4, -0.2) is 29.7 Å². The Morgan fingerprint density at radius 3 is 2.52 bits per heavy atom. The topological polar surface area (TPSA) is 58.1 Å². The van der Waals surface area contributed by atoms with E-state index in [0.29, 0.717) is 12.2 Å². The van der Waals surface area contributed by atoms with Crippen molar-refractivity contribution in [3.8, 4) is 0 Å². The number of hydrogen-bond acceptors (Lipinski definition) is 4. The Morgan fingerprint density at radius 1 is 1.17 bits per heavy atom. The Kier molecular flexibility index (Phi) is 6.52. The Balaban J connectivity index is 1.89. The predicted molar refractivity (Wildman–Crippen MR) is 96.7 cm³/mol. The van der Waals surface area contributed by atoms with Crippen molar-refractivity contribution in [1.82, 2.24) is 10.2 Å². The number of rotatable bonds is 7. The van der Waals surface area contributed by atoms with Crippen LogP contribution in [0.4, 0.5) is 11.6 Å². The van der Waals surface area contributed by atoms with Gasteiger partial charge in [-0.15, -0.1) is 10.2 Å². The summed E-state index contributed by atoms with van der Waals surface area (Å²) >= 11 is 3.38. The highest BCUT2D eigenvalue weighted by atomic mass is 79.9. The minimum atomic E-state index is -0.103. The lowest BCUT2D eigenvalue weighted by atomic mass is 10.1. The van der Waals surface area contributed by atoms with Gasteiger partial charge in [0.2, 0.25) is 5.91 Å². The number of carbonyl (C=O) groups excluding carboxylic acids is 1. The maximum atomic E-state index is 12.0. The zero-order chi connectivity index (χ0) is 16.7. The Bertz CT molecular complexity index is 628. The Morgan fingerprint density at radius 2 is 1.91 bits per heavy atom. The molecular weight excluding hydrogens is 356 g/mol. The van der Waals surface area contributed by atoms with Crippen LogP contribution in [0.1, 0.15) is 25.3 Å². The summed E-state index contributed by atoms with van der Waals surface area (Å²) in [7, 11) is 1.99. The molecule has 0 saturated heterocycles. The minimum Gasteiger partial charge on any atom is -0.358 e. The van der Waals surface area contributed by atoms with Crippen LogP contribution in [0.2, 0.25) is 0 Å². The van der Waals surface area contributed by atoms with Gasteiger partial charge in [0.15, 0.2) is 11.6 Å². The molecule has 5 nitrogen and oxygen atoms in total.